The van der Waals surface area contributed by atoms with Gasteiger partial charge in [0.1, 0.15) is 5.75 Å². The minimum atomic E-state index is 0.0241. The first kappa shape index (κ1) is 16.4. The fraction of sp³-hybridized carbons (Fsp3) is 0.250. The monoisotopic (exact) mass is 343 g/mol. The Hall–Kier alpha value is -0.930. The smallest absolute Gasteiger partial charge is 0.122 e. The zero-order valence-electron chi connectivity index (χ0n) is 11.6. The average Bonchev–Trinajstić information content (AvgIpc) is 2.47. The second kappa shape index (κ2) is 7.37. The lowest BCUT2D eigenvalue weighted by atomic mass is 9.91. The van der Waals surface area contributed by atoms with Gasteiger partial charge in [-0.3, -0.25) is 0 Å². The van der Waals surface area contributed by atoms with Crippen LogP contribution in [0.5, 0.6) is 5.75 Å². The quantitative estimate of drug-likeness (QED) is 0.833. The van der Waals surface area contributed by atoms with Crippen molar-refractivity contribution in [3.63, 3.8) is 0 Å². The van der Waals surface area contributed by atoms with E-state index in [9.17, 15) is 0 Å². The molecule has 0 aliphatic rings. The average molecular weight is 345 g/mol. The molecule has 2 N–H and O–H groups in total. The van der Waals surface area contributed by atoms with Gasteiger partial charge in [-0.1, -0.05) is 40.9 Å². The van der Waals surface area contributed by atoms with Crippen molar-refractivity contribution in [1.82, 2.24) is 0 Å². The van der Waals surface area contributed by atoms with Crippen LogP contribution in [0.25, 0.3) is 0 Å². The molecule has 0 saturated carbocycles. The molecule has 1 unspecified atom stereocenters. The van der Waals surface area contributed by atoms with Crippen LogP contribution >= 0.6 is 34.8 Å². The Morgan fingerprint density at radius 2 is 1.76 bits per heavy atom. The van der Waals surface area contributed by atoms with Gasteiger partial charge < -0.3 is 10.5 Å². The van der Waals surface area contributed by atoms with Crippen LogP contribution in [0.15, 0.2) is 36.4 Å². The number of benzene rings is 2. The van der Waals surface area contributed by atoms with Crippen LogP contribution in [0.1, 0.15) is 17.0 Å². The van der Waals surface area contributed by atoms with Gasteiger partial charge in [0.25, 0.3) is 0 Å². The minimum absolute atomic E-state index is 0.0241. The van der Waals surface area contributed by atoms with Crippen molar-refractivity contribution in [3.05, 3.63) is 62.6 Å². The van der Waals surface area contributed by atoms with Crippen LogP contribution in [0, 0.1) is 0 Å². The SMILES string of the molecule is COc1ccc(Cl)cc1C(CN)Cc1c(Cl)cccc1Cl. The summed E-state index contributed by atoms with van der Waals surface area (Å²) in [5.74, 6) is 0.786. The van der Waals surface area contributed by atoms with Crippen LogP contribution in [-0.2, 0) is 6.42 Å². The van der Waals surface area contributed by atoms with E-state index in [0.717, 1.165) is 16.9 Å². The van der Waals surface area contributed by atoms with Crippen LogP contribution in [0.3, 0.4) is 0 Å². The largest absolute Gasteiger partial charge is 0.496 e. The molecule has 0 aliphatic carbocycles. The highest BCUT2D eigenvalue weighted by molar-refractivity contribution is 6.36. The summed E-state index contributed by atoms with van der Waals surface area (Å²) in [4.78, 5) is 0. The molecule has 0 fully saturated rings. The molecule has 0 saturated heterocycles. The topological polar surface area (TPSA) is 35.2 Å². The highest BCUT2D eigenvalue weighted by Crippen LogP contribution is 2.34. The molecule has 0 amide bonds. The molecule has 0 heterocycles. The summed E-state index contributed by atoms with van der Waals surface area (Å²) in [5.41, 5.74) is 7.79. The third kappa shape index (κ3) is 3.83. The molecule has 0 radical (unpaired) electrons. The van der Waals surface area contributed by atoms with Gasteiger partial charge >= 0.3 is 0 Å². The number of hydrogen-bond donors (Lipinski definition) is 1. The van der Waals surface area contributed by atoms with E-state index in [1.165, 1.54) is 0 Å². The Kier molecular flexibility index (Phi) is 5.77. The summed E-state index contributed by atoms with van der Waals surface area (Å²) >= 11 is 18.6. The van der Waals surface area contributed by atoms with Gasteiger partial charge in [0, 0.05) is 26.5 Å². The summed E-state index contributed by atoms with van der Waals surface area (Å²) in [5, 5.41) is 1.93. The van der Waals surface area contributed by atoms with E-state index in [4.69, 9.17) is 45.3 Å². The predicted molar refractivity (Wildman–Crippen MR) is 90.0 cm³/mol. The first-order valence-corrected chi connectivity index (χ1v) is 7.66. The second-order valence-electron chi connectivity index (χ2n) is 4.72. The molecule has 0 spiro atoms. The van der Waals surface area contributed by atoms with Gasteiger partial charge in [-0.05, 0) is 48.9 Å². The Morgan fingerprint density at radius 1 is 1.10 bits per heavy atom. The molecule has 5 heteroatoms. The summed E-state index contributed by atoms with van der Waals surface area (Å²) in [6, 6.07) is 11.0. The molecule has 112 valence electrons. The van der Waals surface area contributed by atoms with Crippen molar-refractivity contribution < 1.29 is 4.74 Å². The lowest BCUT2D eigenvalue weighted by molar-refractivity contribution is 0.405. The molecule has 0 aliphatic heterocycles. The Morgan fingerprint density at radius 3 is 2.33 bits per heavy atom. The molecule has 2 aromatic rings. The molecular formula is C16H16Cl3NO. The van der Waals surface area contributed by atoms with Gasteiger partial charge in [-0.25, -0.2) is 0 Å². The van der Waals surface area contributed by atoms with E-state index in [1.54, 1.807) is 13.2 Å². The van der Waals surface area contributed by atoms with Crippen LogP contribution in [-0.4, -0.2) is 13.7 Å². The van der Waals surface area contributed by atoms with Gasteiger partial charge in [0.2, 0.25) is 0 Å². The molecule has 1 atom stereocenters. The van der Waals surface area contributed by atoms with Crippen LogP contribution in [0.2, 0.25) is 15.1 Å². The molecular weight excluding hydrogens is 329 g/mol. The maximum Gasteiger partial charge on any atom is 0.122 e. The Bertz CT molecular complexity index is 611. The number of ether oxygens (including phenoxy) is 1. The zero-order chi connectivity index (χ0) is 15.4. The summed E-state index contributed by atoms with van der Waals surface area (Å²) in [6.07, 6.45) is 0.631. The normalized spacial score (nSPS) is 12.2. The number of nitrogens with two attached hydrogens (primary N) is 1. The third-order valence-electron chi connectivity index (χ3n) is 3.43. The van der Waals surface area contributed by atoms with Gasteiger partial charge in [0.15, 0.2) is 0 Å². The summed E-state index contributed by atoms with van der Waals surface area (Å²) in [6.45, 7) is 0.443. The van der Waals surface area contributed by atoms with Gasteiger partial charge in [-0.15, -0.1) is 0 Å². The first-order valence-electron chi connectivity index (χ1n) is 6.53. The number of halogens is 3. The maximum absolute atomic E-state index is 6.24. The maximum atomic E-state index is 6.24. The molecule has 0 bridgehead atoms. The summed E-state index contributed by atoms with van der Waals surface area (Å²) < 4.78 is 5.40. The van der Waals surface area contributed by atoms with Crippen molar-refractivity contribution in [2.24, 2.45) is 5.73 Å². The third-order valence-corrected chi connectivity index (χ3v) is 4.37. The van der Waals surface area contributed by atoms with Crippen molar-refractivity contribution >= 4 is 34.8 Å². The second-order valence-corrected chi connectivity index (χ2v) is 5.97. The van der Waals surface area contributed by atoms with E-state index in [-0.39, 0.29) is 5.92 Å². The first-order chi connectivity index (χ1) is 10.1. The van der Waals surface area contributed by atoms with Crippen molar-refractivity contribution in [2.45, 2.75) is 12.3 Å². The van der Waals surface area contributed by atoms with Crippen molar-refractivity contribution in [2.75, 3.05) is 13.7 Å². The number of methoxy groups -OCH3 is 1. The highest BCUT2D eigenvalue weighted by atomic mass is 35.5. The highest BCUT2D eigenvalue weighted by Gasteiger charge is 2.19. The van der Waals surface area contributed by atoms with Crippen LogP contribution < -0.4 is 10.5 Å². The molecule has 2 aromatic carbocycles. The number of hydrogen-bond acceptors (Lipinski definition) is 2. The fourth-order valence-corrected chi connectivity index (χ4v) is 3.05. The molecule has 2 rings (SSSR count). The molecule has 0 aromatic heterocycles. The fourth-order valence-electron chi connectivity index (χ4n) is 2.32. The lowest BCUT2D eigenvalue weighted by Gasteiger charge is -2.20. The number of rotatable bonds is 5. The Labute approximate surface area is 139 Å². The van der Waals surface area contributed by atoms with Crippen molar-refractivity contribution in [1.29, 1.82) is 0 Å². The Balaban J connectivity index is 2.39. The lowest BCUT2D eigenvalue weighted by Crippen LogP contribution is -2.16. The van der Waals surface area contributed by atoms with Crippen molar-refractivity contribution in [3.8, 4) is 5.75 Å². The standard InChI is InChI=1S/C16H16Cl3NO/c1-21-16-6-5-11(17)8-12(16)10(9-20)7-13-14(18)3-2-4-15(13)19/h2-6,8,10H,7,9,20H2,1H3. The van der Waals surface area contributed by atoms with Gasteiger partial charge in [0.05, 0.1) is 7.11 Å². The van der Waals surface area contributed by atoms with Gasteiger partial charge in [-0.2, -0.15) is 0 Å². The van der Waals surface area contributed by atoms with Crippen LogP contribution in [0.4, 0.5) is 0 Å². The van der Waals surface area contributed by atoms with E-state index < -0.39 is 0 Å². The van der Waals surface area contributed by atoms with E-state index in [0.29, 0.717) is 28.0 Å². The predicted octanol–water partition coefficient (Wildman–Crippen LogP) is 4.94. The van der Waals surface area contributed by atoms with E-state index in [2.05, 4.69) is 0 Å². The summed E-state index contributed by atoms with van der Waals surface area (Å²) in [7, 11) is 1.63. The minimum Gasteiger partial charge on any atom is -0.496 e. The van der Waals surface area contributed by atoms with E-state index >= 15 is 0 Å². The van der Waals surface area contributed by atoms with E-state index in [1.807, 2.05) is 30.3 Å². The zero-order valence-corrected chi connectivity index (χ0v) is 13.8. The molecule has 2 nitrogen and oxygen atoms in total. The molecule has 21 heavy (non-hydrogen) atoms.